The second-order valence-electron chi connectivity index (χ2n) is 6.99. The zero-order valence-corrected chi connectivity index (χ0v) is 17.0. The molecule has 1 atom stereocenters. The number of nitrogens with one attached hydrogen (secondary N) is 1. The lowest BCUT2D eigenvalue weighted by Gasteiger charge is -2.20. The number of halogens is 1. The molecule has 1 aromatic heterocycles. The molecular formula is C21H17ClN4O5. The van der Waals surface area contributed by atoms with Gasteiger partial charge >= 0.3 is 5.69 Å². The zero-order valence-electron chi connectivity index (χ0n) is 16.2. The van der Waals surface area contributed by atoms with Crippen LogP contribution in [0.3, 0.4) is 0 Å². The molecule has 2 aromatic carbocycles. The molecule has 2 heterocycles. The summed E-state index contributed by atoms with van der Waals surface area (Å²) in [7, 11) is 0. The third kappa shape index (κ3) is 3.71. The number of phenolic OH excluding ortho intramolecular Hbond substituents is 1. The minimum absolute atomic E-state index is 0.0198. The Balaban J connectivity index is 1.84. The number of hydrogen-bond donors (Lipinski definition) is 3. The first-order valence-corrected chi connectivity index (χ1v) is 9.65. The summed E-state index contributed by atoms with van der Waals surface area (Å²) in [5.41, 5.74) is -0.855. The van der Waals surface area contributed by atoms with Crippen LogP contribution in [0.4, 0.5) is 0 Å². The van der Waals surface area contributed by atoms with Gasteiger partial charge in [-0.3, -0.25) is 14.6 Å². The van der Waals surface area contributed by atoms with Crippen molar-refractivity contribution in [1.82, 2.24) is 14.6 Å². The fraction of sp³-hybridized carbons (Fsp3) is 0.143. The highest BCUT2D eigenvalue weighted by Gasteiger charge is 2.34. The Bertz CT molecular complexity index is 1330. The Hall–Kier alpha value is -3.85. The van der Waals surface area contributed by atoms with Gasteiger partial charge in [0.2, 0.25) is 11.8 Å². The topological polar surface area (TPSA) is 128 Å². The predicted molar refractivity (Wildman–Crippen MR) is 114 cm³/mol. The minimum Gasteiger partial charge on any atom is -0.508 e. The van der Waals surface area contributed by atoms with E-state index >= 15 is 0 Å². The van der Waals surface area contributed by atoms with Gasteiger partial charge in [-0.15, -0.1) is 0 Å². The van der Waals surface area contributed by atoms with Crippen molar-refractivity contribution in [2.24, 2.45) is 5.10 Å². The van der Waals surface area contributed by atoms with Gasteiger partial charge < -0.3 is 10.2 Å². The number of aromatic nitrogens is 2. The number of amides is 1. The molecule has 0 saturated carbocycles. The van der Waals surface area contributed by atoms with Crippen LogP contribution in [0.5, 0.6) is 11.6 Å². The number of hydrogen-bond acceptors (Lipinski definition) is 6. The van der Waals surface area contributed by atoms with E-state index < -0.39 is 23.2 Å². The number of carbonyl (C=O) groups is 1. The lowest BCUT2D eigenvalue weighted by Crippen LogP contribution is -2.33. The molecule has 158 valence electrons. The van der Waals surface area contributed by atoms with E-state index in [4.69, 9.17) is 11.6 Å². The molecule has 9 nitrogen and oxygen atoms in total. The van der Waals surface area contributed by atoms with E-state index in [9.17, 15) is 24.6 Å². The summed E-state index contributed by atoms with van der Waals surface area (Å²) >= 11 is 5.89. The number of H-pyrrole nitrogens is 1. The van der Waals surface area contributed by atoms with Gasteiger partial charge in [-0.2, -0.15) is 5.10 Å². The number of carbonyl (C=O) groups excluding carboxylic acids is 1. The van der Waals surface area contributed by atoms with Gasteiger partial charge in [0.25, 0.3) is 5.56 Å². The number of hydrazone groups is 1. The van der Waals surface area contributed by atoms with Gasteiger partial charge in [0, 0.05) is 18.4 Å². The van der Waals surface area contributed by atoms with Crippen LogP contribution >= 0.6 is 11.6 Å². The van der Waals surface area contributed by atoms with E-state index in [0.29, 0.717) is 10.6 Å². The highest BCUT2D eigenvalue weighted by molar-refractivity contribution is 6.30. The molecule has 0 spiro atoms. The highest BCUT2D eigenvalue weighted by atomic mass is 35.5. The molecule has 1 unspecified atom stereocenters. The van der Waals surface area contributed by atoms with Crippen molar-refractivity contribution in [3.05, 3.63) is 85.5 Å². The normalized spacial score (nSPS) is 15.7. The van der Waals surface area contributed by atoms with E-state index in [1.807, 2.05) is 0 Å². The lowest BCUT2D eigenvalue weighted by atomic mass is 9.99. The van der Waals surface area contributed by atoms with Crippen LogP contribution in [0.2, 0.25) is 5.02 Å². The van der Waals surface area contributed by atoms with Crippen molar-refractivity contribution >= 4 is 23.2 Å². The van der Waals surface area contributed by atoms with Crippen molar-refractivity contribution < 1.29 is 15.0 Å². The summed E-state index contributed by atoms with van der Waals surface area (Å²) in [5.74, 6) is -0.966. The predicted octanol–water partition coefficient (Wildman–Crippen LogP) is 2.29. The van der Waals surface area contributed by atoms with Gasteiger partial charge in [-0.25, -0.2) is 14.4 Å². The Morgan fingerprint density at radius 3 is 2.52 bits per heavy atom. The Kier molecular flexibility index (Phi) is 5.12. The minimum atomic E-state index is -0.833. The number of phenols is 1. The van der Waals surface area contributed by atoms with Crippen LogP contribution in [0.1, 0.15) is 30.5 Å². The quantitative estimate of drug-likeness (QED) is 0.575. The Morgan fingerprint density at radius 2 is 1.87 bits per heavy atom. The second kappa shape index (κ2) is 7.77. The lowest BCUT2D eigenvalue weighted by molar-refractivity contribution is -0.130. The third-order valence-corrected chi connectivity index (χ3v) is 5.20. The van der Waals surface area contributed by atoms with E-state index in [0.717, 1.165) is 4.57 Å². The van der Waals surface area contributed by atoms with Crippen LogP contribution in [-0.4, -0.2) is 36.4 Å². The van der Waals surface area contributed by atoms with Crippen molar-refractivity contribution in [2.75, 3.05) is 0 Å². The van der Waals surface area contributed by atoms with Gasteiger partial charge in [-0.1, -0.05) is 23.7 Å². The van der Waals surface area contributed by atoms with Crippen molar-refractivity contribution in [1.29, 1.82) is 0 Å². The maximum absolute atomic E-state index is 12.6. The number of rotatable bonds is 3. The van der Waals surface area contributed by atoms with Crippen molar-refractivity contribution in [2.45, 2.75) is 19.4 Å². The first-order chi connectivity index (χ1) is 14.8. The molecule has 0 aliphatic carbocycles. The molecular weight excluding hydrogens is 424 g/mol. The number of nitrogens with zero attached hydrogens (tertiary/aromatic N) is 3. The fourth-order valence-electron chi connectivity index (χ4n) is 3.56. The molecule has 0 radical (unpaired) electrons. The van der Waals surface area contributed by atoms with Crippen LogP contribution < -0.4 is 11.2 Å². The van der Waals surface area contributed by atoms with Gasteiger partial charge in [0.1, 0.15) is 11.3 Å². The molecule has 4 rings (SSSR count). The van der Waals surface area contributed by atoms with Crippen molar-refractivity contribution in [3.63, 3.8) is 0 Å². The highest BCUT2D eigenvalue weighted by Crippen LogP contribution is 2.35. The van der Waals surface area contributed by atoms with E-state index in [-0.39, 0.29) is 35.0 Å². The molecule has 10 heteroatoms. The van der Waals surface area contributed by atoms with E-state index in [1.165, 1.54) is 48.3 Å². The summed E-state index contributed by atoms with van der Waals surface area (Å²) < 4.78 is 0.926. The number of aromatic hydroxyl groups is 2. The average Bonchev–Trinajstić information content (AvgIpc) is 3.14. The molecule has 3 aromatic rings. The molecule has 1 aliphatic heterocycles. The largest absolute Gasteiger partial charge is 0.508 e. The first kappa shape index (κ1) is 20.4. The number of benzene rings is 2. The van der Waals surface area contributed by atoms with Crippen LogP contribution in [0.15, 0.2) is 63.2 Å². The fourth-order valence-corrected chi connectivity index (χ4v) is 3.68. The Labute approximate surface area is 180 Å². The number of aromatic amines is 1. The monoisotopic (exact) mass is 440 g/mol. The summed E-state index contributed by atoms with van der Waals surface area (Å²) in [5, 5.41) is 26.5. The third-order valence-electron chi connectivity index (χ3n) is 4.95. The molecule has 0 saturated heterocycles. The smallest absolute Gasteiger partial charge is 0.335 e. The Morgan fingerprint density at radius 1 is 1.16 bits per heavy atom. The van der Waals surface area contributed by atoms with E-state index in [2.05, 4.69) is 10.1 Å². The van der Waals surface area contributed by atoms with Crippen LogP contribution in [0.25, 0.3) is 5.69 Å². The van der Waals surface area contributed by atoms with Crippen LogP contribution in [0, 0.1) is 0 Å². The summed E-state index contributed by atoms with van der Waals surface area (Å²) in [6.07, 6.45) is 0.0957. The van der Waals surface area contributed by atoms with Gasteiger partial charge in [-0.05, 0) is 42.0 Å². The van der Waals surface area contributed by atoms with Crippen LogP contribution in [-0.2, 0) is 4.79 Å². The summed E-state index contributed by atoms with van der Waals surface area (Å²) in [4.78, 5) is 39.3. The van der Waals surface area contributed by atoms with E-state index in [1.54, 1.807) is 12.1 Å². The molecule has 1 aliphatic rings. The van der Waals surface area contributed by atoms with Crippen molar-refractivity contribution in [3.8, 4) is 17.3 Å². The SMILES string of the molecule is CC(=O)N1N=C(c2c(O)n(-c3ccc(Cl)cc3)c(=O)[nH]c2=O)CC1c1cccc(O)c1. The molecule has 31 heavy (non-hydrogen) atoms. The maximum Gasteiger partial charge on any atom is 0.335 e. The summed E-state index contributed by atoms with van der Waals surface area (Å²) in [6.45, 7) is 1.32. The van der Waals surface area contributed by atoms with Gasteiger partial charge in [0.05, 0.1) is 17.4 Å². The summed E-state index contributed by atoms with van der Waals surface area (Å²) in [6, 6.07) is 11.9. The van der Waals surface area contributed by atoms with Gasteiger partial charge in [0.15, 0.2) is 0 Å². The molecule has 3 N–H and O–H groups in total. The molecule has 0 bridgehead atoms. The average molecular weight is 441 g/mol. The standard InChI is InChI=1S/C21H17ClN4O5/c1-11(27)26-17(12-3-2-4-15(28)9-12)10-16(24-26)18-19(29)23-21(31)25(20(18)30)14-7-5-13(22)6-8-14/h2-9,17,28,30H,10H2,1H3,(H,23,29,31). The molecule has 0 fully saturated rings. The maximum atomic E-state index is 12.6. The second-order valence-corrected chi connectivity index (χ2v) is 7.43. The zero-order chi connectivity index (χ0) is 22.3. The first-order valence-electron chi connectivity index (χ1n) is 9.27. The molecule has 1 amide bonds.